The molecule has 0 radical (unpaired) electrons. The second-order valence-corrected chi connectivity index (χ2v) is 6.53. The number of halogens is 2. The van der Waals surface area contributed by atoms with E-state index in [-0.39, 0.29) is 30.9 Å². The number of rotatable bonds is 8. The fraction of sp³-hybridized carbons (Fsp3) is 0.500. The molecule has 0 aliphatic heterocycles. The van der Waals surface area contributed by atoms with E-state index in [9.17, 15) is 9.59 Å². The minimum absolute atomic E-state index is 0.0629. The first-order valence-corrected chi connectivity index (χ1v) is 8.43. The molecule has 5 nitrogen and oxygen atoms in total. The average Bonchev–Trinajstić information content (AvgIpc) is 2.42. The summed E-state index contributed by atoms with van der Waals surface area (Å²) in [5.74, 6) is -0.307. The van der Waals surface area contributed by atoms with Crippen molar-refractivity contribution in [2.24, 2.45) is 0 Å². The van der Waals surface area contributed by atoms with Crippen LogP contribution in [0.25, 0.3) is 0 Å². The van der Waals surface area contributed by atoms with Crippen molar-refractivity contribution in [3.05, 3.63) is 28.2 Å². The Morgan fingerprint density at radius 2 is 1.74 bits per heavy atom. The van der Waals surface area contributed by atoms with Crippen LogP contribution in [0.15, 0.2) is 18.2 Å². The van der Waals surface area contributed by atoms with Crippen molar-refractivity contribution in [3.63, 3.8) is 0 Å². The molecule has 7 heteroatoms. The van der Waals surface area contributed by atoms with Gasteiger partial charge in [0.1, 0.15) is 0 Å². The van der Waals surface area contributed by atoms with Gasteiger partial charge in [-0.1, -0.05) is 42.6 Å². The first-order valence-electron chi connectivity index (χ1n) is 7.68. The second kappa shape index (κ2) is 9.75. The number of amides is 2. The topological polar surface area (TPSA) is 62.6 Å². The zero-order valence-corrected chi connectivity index (χ0v) is 15.2. The number of anilines is 1. The van der Waals surface area contributed by atoms with Gasteiger partial charge in [0.05, 0.1) is 22.8 Å². The molecule has 0 saturated carbocycles. The summed E-state index contributed by atoms with van der Waals surface area (Å²) >= 11 is 12.0. The highest BCUT2D eigenvalue weighted by molar-refractivity contribution is 6.39. The van der Waals surface area contributed by atoms with Crippen LogP contribution in [0.1, 0.15) is 26.7 Å². The molecular weight excluding hydrogens is 337 g/mol. The number of hydrogen-bond acceptors (Lipinski definition) is 2. The number of likely N-dealkylation sites (N-methyl/N-ethyl adjacent to an activating group) is 1. The Morgan fingerprint density at radius 1 is 1.17 bits per heavy atom. The maximum atomic E-state index is 12.1. The normalized spacial score (nSPS) is 13.3. The SMILES string of the molecule is CCC[C@H](C)NC(=O)C[NH+](C)CC(=O)Nc1c(Cl)cccc1Cl. The highest BCUT2D eigenvalue weighted by Gasteiger charge is 2.17. The summed E-state index contributed by atoms with van der Waals surface area (Å²) < 4.78 is 0. The van der Waals surface area contributed by atoms with Crippen LogP contribution in [0.4, 0.5) is 5.69 Å². The number of carbonyl (C=O) groups excluding carboxylic acids is 2. The first kappa shape index (κ1) is 19.7. The summed E-state index contributed by atoms with van der Waals surface area (Å²) in [6, 6.07) is 5.17. The van der Waals surface area contributed by atoms with Crippen molar-refractivity contribution in [1.29, 1.82) is 0 Å². The molecule has 2 atom stereocenters. The zero-order valence-electron chi connectivity index (χ0n) is 13.7. The van der Waals surface area contributed by atoms with Gasteiger partial charge in [-0.3, -0.25) is 9.59 Å². The van der Waals surface area contributed by atoms with E-state index in [0.29, 0.717) is 15.7 Å². The summed E-state index contributed by atoms with van der Waals surface area (Å²) in [6.45, 7) is 4.43. The molecule has 1 aromatic carbocycles. The Labute approximate surface area is 147 Å². The molecule has 0 aromatic heterocycles. The van der Waals surface area contributed by atoms with Crippen molar-refractivity contribution in [2.75, 3.05) is 25.5 Å². The smallest absolute Gasteiger partial charge is 0.279 e. The van der Waals surface area contributed by atoms with Crippen LogP contribution in [-0.2, 0) is 9.59 Å². The standard InChI is InChI=1S/C16H23Cl2N3O2/c1-4-6-11(2)19-14(22)9-21(3)10-15(23)20-16-12(17)7-5-8-13(16)18/h5,7-8,11H,4,6,9-10H2,1-3H3,(H,19,22)(H,20,23)/p+1/t11-/m0/s1. The Bertz CT molecular complexity index is 532. The molecule has 3 N–H and O–H groups in total. The van der Waals surface area contributed by atoms with E-state index < -0.39 is 0 Å². The van der Waals surface area contributed by atoms with Gasteiger partial charge in [-0.25, -0.2) is 0 Å². The van der Waals surface area contributed by atoms with Gasteiger partial charge in [-0.2, -0.15) is 0 Å². The van der Waals surface area contributed by atoms with E-state index in [0.717, 1.165) is 17.7 Å². The molecule has 23 heavy (non-hydrogen) atoms. The van der Waals surface area contributed by atoms with Gasteiger partial charge in [-0.05, 0) is 25.5 Å². The van der Waals surface area contributed by atoms with Crippen molar-refractivity contribution in [3.8, 4) is 0 Å². The monoisotopic (exact) mass is 360 g/mol. The molecule has 0 saturated heterocycles. The van der Waals surface area contributed by atoms with Crippen LogP contribution in [0, 0.1) is 0 Å². The van der Waals surface area contributed by atoms with E-state index >= 15 is 0 Å². The highest BCUT2D eigenvalue weighted by atomic mass is 35.5. The third-order valence-corrected chi connectivity index (χ3v) is 3.91. The van der Waals surface area contributed by atoms with Gasteiger partial charge in [0.25, 0.3) is 11.8 Å². The van der Waals surface area contributed by atoms with Gasteiger partial charge >= 0.3 is 0 Å². The number of benzene rings is 1. The molecule has 1 rings (SSSR count). The maximum Gasteiger partial charge on any atom is 0.279 e. The van der Waals surface area contributed by atoms with E-state index in [1.165, 1.54) is 0 Å². The summed E-state index contributed by atoms with van der Waals surface area (Å²) in [7, 11) is 1.79. The molecule has 1 aromatic rings. The predicted molar refractivity (Wildman–Crippen MR) is 94.2 cm³/mol. The zero-order chi connectivity index (χ0) is 17.4. The Balaban J connectivity index is 2.46. The van der Waals surface area contributed by atoms with E-state index in [1.54, 1.807) is 25.2 Å². The summed E-state index contributed by atoms with van der Waals surface area (Å²) in [6.07, 6.45) is 1.96. The molecule has 0 fully saturated rings. The van der Waals surface area contributed by atoms with Gasteiger partial charge in [0, 0.05) is 6.04 Å². The van der Waals surface area contributed by atoms with E-state index in [4.69, 9.17) is 23.2 Å². The van der Waals surface area contributed by atoms with Crippen LogP contribution in [-0.4, -0.2) is 38.0 Å². The van der Waals surface area contributed by atoms with Crippen LogP contribution >= 0.6 is 23.2 Å². The van der Waals surface area contributed by atoms with Crippen molar-refractivity contribution >= 4 is 40.7 Å². The third kappa shape index (κ3) is 7.20. The molecule has 1 unspecified atom stereocenters. The minimum atomic E-state index is -0.244. The van der Waals surface area contributed by atoms with Crippen molar-refractivity contribution in [2.45, 2.75) is 32.7 Å². The van der Waals surface area contributed by atoms with Crippen molar-refractivity contribution < 1.29 is 14.5 Å². The van der Waals surface area contributed by atoms with Crippen LogP contribution < -0.4 is 15.5 Å². The van der Waals surface area contributed by atoms with Crippen molar-refractivity contribution in [1.82, 2.24) is 5.32 Å². The number of nitrogens with one attached hydrogen (secondary N) is 3. The quantitative estimate of drug-likeness (QED) is 0.661. The second-order valence-electron chi connectivity index (χ2n) is 5.71. The van der Waals surface area contributed by atoms with Crippen LogP contribution in [0.3, 0.4) is 0 Å². The fourth-order valence-corrected chi connectivity index (χ4v) is 2.73. The minimum Gasteiger partial charge on any atom is -0.349 e. The van der Waals surface area contributed by atoms with Gasteiger partial charge in [0.15, 0.2) is 13.1 Å². The lowest BCUT2D eigenvalue weighted by Gasteiger charge is -2.17. The maximum absolute atomic E-state index is 12.1. The van der Waals surface area contributed by atoms with E-state index in [2.05, 4.69) is 17.6 Å². The number of hydrogen-bond donors (Lipinski definition) is 3. The Kier molecular flexibility index (Phi) is 8.37. The molecular formula is C16H24Cl2N3O2+. The first-order chi connectivity index (χ1) is 10.8. The number of carbonyl (C=O) groups is 2. The Morgan fingerprint density at radius 3 is 2.30 bits per heavy atom. The van der Waals surface area contributed by atoms with E-state index in [1.807, 2.05) is 6.92 Å². The predicted octanol–water partition coefficient (Wildman–Crippen LogP) is 1.75. The third-order valence-electron chi connectivity index (χ3n) is 3.28. The molecule has 0 aliphatic carbocycles. The Hall–Kier alpha value is -1.30. The average molecular weight is 361 g/mol. The van der Waals surface area contributed by atoms with Crippen LogP contribution in [0.2, 0.25) is 10.0 Å². The summed E-state index contributed by atoms with van der Waals surface area (Å²) in [4.78, 5) is 24.7. The number of quaternary nitrogens is 1. The van der Waals surface area contributed by atoms with Gasteiger partial charge < -0.3 is 15.5 Å². The largest absolute Gasteiger partial charge is 0.349 e. The lowest BCUT2D eigenvalue weighted by molar-refractivity contribution is -0.862. The lowest BCUT2D eigenvalue weighted by Crippen LogP contribution is -3.11. The number of para-hydroxylation sites is 1. The highest BCUT2D eigenvalue weighted by Crippen LogP contribution is 2.29. The summed E-state index contributed by atoms with van der Waals surface area (Å²) in [5, 5.41) is 6.38. The lowest BCUT2D eigenvalue weighted by atomic mass is 10.2. The molecule has 0 spiro atoms. The molecule has 128 valence electrons. The fourth-order valence-electron chi connectivity index (χ4n) is 2.24. The van der Waals surface area contributed by atoms with Gasteiger partial charge in [0.2, 0.25) is 0 Å². The summed E-state index contributed by atoms with van der Waals surface area (Å²) in [5.41, 5.74) is 0.398. The molecule has 2 amide bonds. The molecule has 0 bridgehead atoms. The molecule has 0 heterocycles. The molecule has 0 aliphatic rings. The van der Waals surface area contributed by atoms with Crippen LogP contribution in [0.5, 0.6) is 0 Å². The van der Waals surface area contributed by atoms with Gasteiger partial charge in [-0.15, -0.1) is 0 Å².